The van der Waals surface area contributed by atoms with Crippen molar-refractivity contribution in [3.05, 3.63) is 136 Å². The third kappa shape index (κ3) is 10.4. The van der Waals surface area contributed by atoms with Crippen LogP contribution in [0.2, 0.25) is 0 Å². The molecule has 0 unspecified atom stereocenters. The minimum Gasteiger partial charge on any atom is -0.861 e. The zero-order chi connectivity index (χ0) is 35.0. The van der Waals surface area contributed by atoms with Crippen molar-refractivity contribution in [1.29, 1.82) is 0 Å². The molecule has 1 saturated heterocycles. The second-order valence-corrected chi connectivity index (χ2v) is 13.8. The number of aliphatic carboxylic acids is 1. The van der Waals surface area contributed by atoms with Gasteiger partial charge in [0.1, 0.15) is 11.6 Å². The second-order valence-electron chi connectivity index (χ2n) is 12.9. The minimum atomic E-state index is -1.59. The molecule has 0 bridgehead atoms. The Kier molecular flexibility index (Phi) is 13.5. The van der Waals surface area contributed by atoms with E-state index in [-0.39, 0.29) is 34.1 Å². The summed E-state index contributed by atoms with van der Waals surface area (Å²) in [6.07, 6.45) is 0.766. The molecule has 0 spiro atoms. The maximum absolute atomic E-state index is 13.8. The van der Waals surface area contributed by atoms with Crippen molar-refractivity contribution < 1.29 is 41.0 Å². The first-order valence-corrected chi connectivity index (χ1v) is 17.0. The minimum absolute atomic E-state index is 0. The quantitative estimate of drug-likeness (QED) is 0.118. The van der Waals surface area contributed by atoms with Crippen molar-refractivity contribution in [2.45, 2.75) is 63.9 Å². The van der Waals surface area contributed by atoms with Crippen LogP contribution in [0.5, 0.6) is 0 Å². The van der Waals surface area contributed by atoms with Crippen molar-refractivity contribution in [1.82, 2.24) is 10.2 Å². The van der Waals surface area contributed by atoms with Gasteiger partial charge in [-0.05, 0) is 75.4 Å². The van der Waals surface area contributed by atoms with E-state index in [9.17, 15) is 19.8 Å². The third-order valence-corrected chi connectivity index (χ3v) is 8.57. The van der Waals surface area contributed by atoms with E-state index in [1.807, 2.05) is 48.5 Å². The number of alkyl carbamates (subject to hydrolysis) is 1. The molecule has 11 heteroatoms. The Labute approximate surface area is 311 Å². The number of carbonyl (C=O) groups is 2. The molecule has 9 nitrogen and oxygen atoms in total. The fraction of sp³-hybridized carbons (Fsp3) is 0.282. The molecule has 0 aromatic heterocycles. The van der Waals surface area contributed by atoms with Gasteiger partial charge in [-0.3, -0.25) is 14.9 Å². The number of benzene rings is 4. The van der Waals surface area contributed by atoms with Gasteiger partial charge >= 0.3 is 22.6 Å². The predicted octanol–water partition coefficient (Wildman–Crippen LogP) is 5.72. The van der Waals surface area contributed by atoms with E-state index >= 15 is 0 Å². The van der Waals surface area contributed by atoms with Crippen molar-refractivity contribution in [3.63, 3.8) is 0 Å². The van der Waals surface area contributed by atoms with E-state index in [4.69, 9.17) is 9.73 Å². The van der Waals surface area contributed by atoms with Crippen LogP contribution >= 0.6 is 15.9 Å². The van der Waals surface area contributed by atoms with Gasteiger partial charge in [-0.15, -0.1) is 0 Å². The van der Waals surface area contributed by atoms with E-state index < -0.39 is 29.7 Å². The molecule has 0 saturated carbocycles. The Morgan fingerprint density at radius 3 is 2.18 bits per heavy atom. The predicted molar refractivity (Wildman–Crippen MR) is 191 cm³/mol. The number of carboxylic acids is 1. The fourth-order valence-corrected chi connectivity index (χ4v) is 6.09. The fourth-order valence-electron chi connectivity index (χ4n) is 5.82. The first-order valence-electron chi connectivity index (χ1n) is 16.2. The molecule has 3 atom stereocenters. The van der Waals surface area contributed by atoms with Gasteiger partial charge in [0.15, 0.2) is 0 Å². The zero-order valence-corrected chi connectivity index (χ0v) is 30.6. The van der Waals surface area contributed by atoms with Gasteiger partial charge < -0.3 is 25.1 Å². The van der Waals surface area contributed by atoms with E-state index in [1.54, 1.807) is 81.4 Å². The number of ether oxygens (including phenoxy) is 1. The van der Waals surface area contributed by atoms with Crippen LogP contribution < -0.4 is 15.5 Å². The number of para-hydroxylation sites is 1. The summed E-state index contributed by atoms with van der Waals surface area (Å²) < 4.78 is 6.27. The van der Waals surface area contributed by atoms with Crippen LogP contribution in [-0.4, -0.2) is 52.8 Å². The Bertz CT molecular complexity index is 1800. The summed E-state index contributed by atoms with van der Waals surface area (Å²) in [5.41, 5.74) is 2.48. The van der Waals surface area contributed by atoms with Crippen LogP contribution in [0.4, 0.5) is 10.5 Å². The van der Waals surface area contributed by atoms with Crippen molar-refractivity contribution in [2.24, 2.45) is 9.98 Å². The number of amides is 1. The molecular formula is C39H39BrN4NiO5. The normalized spacial score (nSPS) is 16.6. The van der Waals surface area contributed by atoms with Crippen LogP contribution in [0.1, 0.15) is 61.9 Å². The Morgan fingerprint density at radius 2 is 1.54 bits per heavy atom. The van der Waals surface area contributed by atoms with Crippen LogP contribution in [0.25, 0.3) is 0 Å². The Hall–Kier alpha value is -4.31. The van der Waals surface area contributed by atoms with Gasteiger partial charge in [-0.2, -0.15) is 0 Å². The van der Waals surface area contributed by atoms with Crippen LogP contribution in [-0.2, 0) is 32.6 Å². The number of nitrogens with one attached hydrogen (secondary N) is 1. The maximum Gasteiger partial charge on any atom is 2.00 e. The number of aliphatic imine (C=N–C) groups is 2. The van der Waals surface area contributed by atoms with E-state index in [2.05, 4.69) is 31.1 Å². The van der Waals surface area contributed by atoms with Crippen LogP contribution in [0.15, 0.2) is 124 Å². The number of halogens is 1. The first kappa shape index (κ1) is 38.5. The molecule has 4 aromatic rings. The summed E-state index contributed by atoms with van der Waals surface area (Å²) in [5.74, 6) is -1.78. The maximum atomic E-state index is 13.8. The SMILES string of the molecule is CC(C)(C)OC(=O)N[C@@H](c1ccc(Br)cc1)[C@@H](N=C(c1ccccc1)c1ccccc1N=C([O-])[C@H]1CCCN1Cc1ccccc1)C(=O)[O-].[Ni+2]. The average molecular weight is 782 g/mol. The molecule has 1 fully saturated rings. The molecule has 5 rings (SSSR count). The van der Waals surface area contributed by atoms with Crippen molar-refractivity contribution >= 4 is 45.3 Å². The van der Waals surface area contributed by atoms with E-state index in [0.717, 1.165) is 23.0 Å². The number of hydrogen-bond acceptors (Lipinski definition) is 8. The molecule has 4 aromatic carbocycles. The number of nitrogens with zero attached hydrogens (tertiary/aromatic N) is 3. The van der Waals surface area contributed by atoms with Gasteiger partial charge in [-0.1, -0.05) is 107 Å². The molecule has 1 amide bonds. The molecule has 1 heterocycles. The molecule has 50 heavy (non-hydrogen) atoms. The Balaban J connectivity index is 0.00000562. The summed E-state index contributed by atoms with van der Waals surface area (Å²) in [6.45, 7) is 6.58. The van der Waals surface area contributed by atoms with Gasteiger partial charge in [0.2, 0.25) is 0 Å². The largest absolute Gasteiger partial charge is 2.00 e. The second kappa shape index (κ2) is 17.6. The number of carbonyl (C=O) groups excluding carboxylic acids is 2. The van der Waals surface area contributed by atoms with E-state index in [0.29, 0.717) is 35.3 Å². The molecular weight excluding hydrogens is 743 g/mol. The number of rotatable bonds is 11. The first-order chi connectivity index (χ1) is 23.5. The van der Waals surface area contributed by atoms with Gasteiger partial charge in [0.05, 0.1) is 23.4 Å². The average Bonchev–Trinajstić information content (AvgIpc) is 3.53. The van der Waals surface area contributed by atoms with Crippen LogP contribution in [0, 0.1) is 0 Å². The number of hydrogen-bond donors (Lipinski definition) is 1. The molecule has 0 radical (unpaired) electrons. The van der Waals surface area contributed by atoms with E-state index in [1.165, 1.54) is 0 Å². The summed E-state index contributed by atoms with van der Waals surface area (Å²) in [5, 5.41) is 29.5. The summed E-state index contributed by atoms with van der Waals surface area (Å²) in [6, 6.07) is 29.9. The van der Waals surface area contributed by atoms with Gasteiger partial charge in [-0.25, -0.2) is 4.79 Å². The van der Waals surface area contributed by atoms with Gasteiger partial charge in [0.25, 0.3) is 0 Å². The zero-order valence-electron chi connectivity index (χ0n) is 28.0. The molecule has 1 aliphatic heterocycles. The smallest absolute Gasteiger partial charge is 0.861 e. The molecule has 1 N–H and O–H groups in total. The van der Waals surface area contributed by atoms with Crippen molar-refractivity contribution in [2.75, 3.05) is 6.54 Å². The molecule has 1 aliphatic rings. The summed E-state index contributed by atoms with van der Waals surface area (Å²) in [4.78, 5) is 37.6. The van der Waals surface area contributed by atoms with Crippen LogP contribution in [0.3, 0.4) is 0 Å². The topological polar surface area (TPSA) is 129 Å². The molecule has 262 valence electrons. The van der Waals surface area contributed by atoms with Crippen molar-refractivity contribution in [3.8, 4) is 0 Å². The number of likely N-dealkylation sites (tertiary alicyclic amines) is 1. The third-order valence-electron chi connectivity index (χ3n) is 8.04. The number of carboxylic acid groups (broad SMARTS) is 1. The standard InChI is InChI=1S/C39H41BrN4O5.Ni/c1-39(2,3)49-38(48)43-34(28-20-22-29(40)23-21-28)35(37(46)47)42-33(27-15-8-5-9-16-27)30-17-10-11-18-31(30)41-36(45)32-19-12-24-44(32)25-26-13-6-4-7-14-26;/h4-11,13-18,20-23,32,34-35H,12,19,24-25H2,1-3H3,(H,41,45)(H,43,48)(H,46,47);/q;+2/p-2/t32-,34+,35-;/m1./s1. The summed E-state index contributed by atoms with van der Waals surface area (Å²) >= 11 is 3.42. The van der Waals surface area contributed by atoms with Gasteiger partial charge in [0, 0.05) is 28.2 Å². The summed E-state index contributed by atoms with van der Waals surface area (Å²) in [7, 11) is 0. The Morgan fingerprint density at radius 1 is 0.920 bits per heavy atom. The molecule has 0 aliphatic carbocycles. The monoisotopic (exact) mass is 780 g/mol.